The maximum Gasteiger partial charge on any atom is 0.249 e. The Hall–Kier alpha value is -3.15. The van der Waals surface area contributed by atoms with Crippen molar-refractivity contribution >= 4 is 17.5 Å². The topological polar surface area (TPSA) is 72.0 Å². The molecule has 0 saturated heterocycles. The lowest BCUT2D eigenvalue weighted by Crippen LogP contribution is -2.06. The van der Waals surface area contributed by atoms with Gasteiger partial charge in [-0.2, -0.15) is 10.1 Å². The van der Waals surface area contributed by atoms with Crippen LogP contribution in [0, 0.1) is 6.92 Å². The average Bonchev–Trinajstić information content (AvgIpc) is 2.62. The summed E-state index contributed by atoms with van der Waals surface area (Å²) in [4.78, 5) is 4.44. The zero-order valence-corrected chi connectivity index (χ0v) is 13.7. The van der Waals surface area contributed by atoms with Crippen LogP contribution in [0.5, 0.6) is 5.75 Å². The van der Waals surface area contributed by atoms with Crippen LogP contribution in [0.2, 0.25) is 0 Å². The van der Waals surface area contributed by atoms with E-state index in [1.54, 1.807) is 13.3 Å². The van der Waals surface area contributed by atoms with Gasteiger partial charge in [-0.3, -0.25) is 0 Å². The van der Waals surface area contributed by atoms with Crippen LogP contribution in [-0.2, 0) is 6.54 Å². The second-order valence-electron chi connectivity index (χ2n) is 5.27. The molecule has 122 valence electrons. The number of rotatable bonds is 6. The predicted molar refractivity (Wildman–Crippen MR) is 94.6 cm³/mol. The van der Waals surface area contributed by atoms with Crippen molar-refractivity contribution in [3.05, 3.63) is 65.9 Å². The first-order valence-corrected chi connectivity index (χ1v) is 7.64. The molecule has 1 heterocycles. The molecule has 0 spiro atoms. The third kappa shape index (κ3) is 3.78. The van der Waals surface area contributed by atoms with Gasteiger partial charge in [0.2, 0.25) is 5.95 Å². The number of hydrogen-bond acceptors (Lipinski definition) is 6. The van der Waals surface area contributed by atoms with E-state index in [-0.39, 0.29) is 0 Å². The monoisotopic (exact) mass is 321 g/mol. The number of anilines is 3. The fourth-order valence-corrected chi connectivity index (χ4v) is 2.30. The van der Waals surface area contributed by atoms with Crippen LogP contribution in [0.1, 0.15) is 11.1 Å². The molecule has 0 fully saturated rings. The largest absolute Gasteiger partial charge is 0.495 e. The molecule has 0 atom stereocenters. The number of hydrogen-bond donors (Lipinski definition) is 2. The third-order valence-corrected chi connectivity index (χ3v) is 3.63. The lowest BCUT2D eigenvalue weighted by molar-refractivity contribution is 0.417. The highest BCUT2D eigenvalue weighted by molar-refractivity contribution is 5.62. The molecule has 0 amide bonds. The Bertz CT molecular complexity index is 822. The van der Waals surface area contributed by atoms with Gasteiger partial charge in [-0.05, 0) is 30.2 Å². The quantitative estimate of drug-likeness (QED) is 0.723. The number of ether oxygens (including phenoxy) is 1. The molecule has 0 radical (unpaired) electrons. The maximum absolute atomic E-state index is 5.31. The number of benzene rings is 2. The van der Waals surface area contributed by atoms with Crippen molar-refractivity contribution in [1.29, 1.82) is 0 Å². The molecule has 0 aliphatic heterocycles. The van der Waals surface area contributed by atoms with Crippen LogP contribution in [0.4, 0.5) is 17.5 Å². The molecule has 6 heteroatoms. The number of nitrogens with one attached hydrogen (secondary N) is 2. The average molecular weight is 321 g/mol. The van der Waals surface area contributed by atoms with Crippen LogP contribution >= 0.6 is 0 Å². The molecule has 0 aliphatic rings. The van der Waals surface area contributed by atoms with E-state index in [9.17, 15) is 0 Å². The minimum Gasteiger partial charge on any atom is -0.495 e. The van der Waals surface area contributed by atoms with E-state index in [0.29, 0.717) is 18.3 Å². The van der Waals surface area contributed by atoms with E-state index in [1.807, 2.05) is 36.4 Å². The smallest absolute Gasteiger partial charge is 0.249 e. The van der Waals surface area contributed by atoms with Gasteiger partial charge < -0.3 is 15.4 Å². The molecule has 3 aromatic rings. The van der Waals surface area contributed by atoms with Crippen molar-refractivity contribution in [2.45, 2.75) is 13.5 Å². The summed E-state index contributed by atoms with van der Waals surface area (Å²) in [5.74, 6) is 1.79. The molecule has 6 nitrogen and oxygen atoms in total. The number of methoxy groups -OCH3 is 1. The molecular weight excluding hydrogens is 302 g/mol. The normalized spacial score (nSPS) is 10.2. The number of aryl methyl sites for hydroxylation is 1. The Kier molecular flexibility index (Phi) is 4.86. The summed E-state index contributed by atoms with van der Waals surface area (Å²) in [6.45, 7) is 2.77. The van der Waals surface area contributed by atoms with E-state index in [2.05, 4.69) is 44.9 Å². The fourth-order valence-electron chi connectivity index (χ4n) is 2.30. The minimum atomic E-state index is 0.411. The van der Waals surface area contributed by atoms with Crippen LogP contribution in [0.15, 0.2) is 54.7 Å². The van der Waals surface area contributed by atoms with Gasteiger partial charge in [-0.15, -0.1) is 5.10 Å². The molecule has 0 unspecified atom stereocenters. The lowest BCUT2D eigenvalue weighted by atomic mass is 10.1. The summed E-state index contributed by atoms with van der Waals surface area (Å²) in [5, 5.41) is 14.4. The maximum atomic E-state index is 5.31. The van der Waals surface area contributed by atoms with Crippen LogP contribution in [0.3, 0.4) is 0 Å². The highest BCUT2D eigenvalue weighted by Crippen LogP contribution is 2.25. The van der Waals surface area contributed by atoms with E-state index in [4.69, 9.17) is 4.74 Å². The van der Waals surface area contributed by atoms with Gasteiger partial charge in [0.1, 0.15) is 5.75 Å². The summed E-state index contributed by atoms with van der Waals surface area (Å²) < 4.78 is 5.31. The van der Waals surface area contributed by atoms with Crippen molar-refractivity contribution in [3.8, 4) is 5.75 Å². The Morgan fingerprint density at radius 1 is 1.04 bits per heavy atom. The van der Waals surface area contributed by atoms with Gasteiger partial charge in [0.25, 0.3) is 0 Å². The lowest BCUT2D eigenvalue weighted by Gasteiger charge is -2.11. The van der Waals surface area contributed by atoms with Crippen molar-refractivity contribution in [2.24, 2.45) is 0 Å². The molecule has 1 aromatic heterocycles. The Balaban J connectivity index is 1.71. The Morgan fingerprint density at radius 3 is 2.67 bits per heavy atom. The first kappa shape index (κ1) is 15.7. The summed E-state index contributed by atoms with van der Waals surface area (Å²) in [7, 11) is 1.62. The highest BCUT2D eigenvalue weighted by Gasteiger charge is 2.06. The Morgan fingerprint density at radius 2 is 1.83 bits per heavy atom. The molecular formula is C18H19N5O. The van der Waals surface area contributed by atoms with Gasteiger partial charge in [-0.25, -0.2) is 0 Å². The Labute approximate surface area is 140 Å². The standard InChI is InChI=1S/C18H19N5O/c1-13-7-3-4-8-14(13)11-19-17-12-20-23-18(22-17)21-15-9-5-6-10-16(15)24-2/h3-10,12H,11H2,1-2H3,(H2,19,21,22,23). The van der Waals surface area contributed by atoms with Crippen molar-refractivity contribution in [1.82, 2.24) is 15.2 Å². The van der Waals surface area contributed by atoms with Gasteiger partial charge in [0.15, 0.2) is 5.82 Å². The minimum absolute atomic E-state index is 0.411. The van der Waals surface area contributed by atoms with Gasteiger partial charge in [0.05, 0.1) is 19.0 Å². The van der Waals surface area contributed by atoms with E-state index in [1.165, 1.54) is 11.1 Å². The first-order chi connectivity index (χ1) is 11.8. The van der Waals surface area contributed by atoms with Crippen LogP contribution in [-0.4, -0.2) is 22.3 Å². The third-order valence-electron chi connectivity index (χ3n) is 3.63. The molecule has 0 bridgehead atoms. The predicted octanol–water partition coefficient (Wildman–Crippen LogP) is 3.54. The van der Waals surface area contributed by atoms with E-state index in [0.717, 1.165) is 11.4 Å². The zero-order valence-electron chi connectivity index (χ0n) is 13.7. The van der Waals surface area contributed by atoms with E-state index >= 15 is 0 Å². The van der Waals surface area contributed by atoms with Gasteiger partial charge in [0, 0.05) is 6.54 Å². The van der Waals surface area contributed by atoms with Crippen LogP contribution < -0.4 is 15.4 Å². The van der Waals surface area contributed by atoms with E-state index < -0.39 is 0 Å². The summed E-state index contributed by atoms with van der Waals surface area (Å²) >= 11 is 0. The van der Waals surface area contributed by atoms with Crippen molar-refractivity contribution < 1.29 is 4.74 Å². The second kappa shape index (κ2) is 7.41. The van der Waals surface area contributed by atoms with Gasteiger partial charge >= 0.3 is 0 Å². The summed E-state index contributed by atoms with van der Waals surface area (Å²) in [6.07, 6.45) is 1.60. The van der Waals surface area contributed by atoms with Gasteiger partial charge in [-0.1, -0.05) is 36.4 Å². The first-order valence-electron chi connectivity index (χ1n) is 7.64. The molecule has 0 saturated carbocycles. The number of nitrogens with zero attached hydrogens (tertiary/aromatic N) is 3. The van der Waals surface area contributed by atoms with Crippen LogP contribution in [0.25, 0.3) is 0 Å². The van der Waals surface area contributed by atoms with Crippen molar-refractivity contribution in [2.75, 3.05) is 17.7 Å². The molecule has 24 heavy (non-hydrogen) atoms. The molecule has 0 aliphatic carbocycles. The second-order valence-corrected chi connectivity index (χ2v) is 5.27. The summed E-state index contributed by atoms with van der Waals surface area (Å²) in [5.41, 5.74) is 3.24. The molecule has 3 rings (SSSR count). The zero-order chi connectivity index (χ0) is 16.8. The highest BCUT2D eigenvalue weighted by atomic mass is 16.5. The van der Waals surface area contributed by atoms with Crippen molar-refractivity contribution in [3.63, 3.8) is 0 Å². The fraction of sp³-hybridized carbons (Fsp3) is 0.167. The molecule has 2 N–H and O–H groups in total. The number of aromatic nitrogens is 3. The summed E-state index contributed by atoms with van der Waals surface area (Å²) in [6, 6.07) is 15.8. The number of para-hydroxylation sites is 2. The SMILES string of the molecule is COc1ccccc1Nc1nncc(NCc2ccccc2C)n1. The molecule has 2 aromatic carbocycles.